The standard InChI is InChI=1S/C29H32ClNO5S/c1-3-35-22-10-7-18(8-11-22)13-21-14-19(9-12-24(21)30)26-16-25(32)28(33)27(36-26)17-37-23-6-4-5-20(15-23)29(34)31-2/h4-12,14-15,25-28,32-33H,3,13,16-17H2,1-2H3,(H,31,34)/t25-,26-,27?,28+/m1/s1. The summed E-state index contributed by atoms with van der Waals surface area (Å²) in [6, 6.07) is 21.0. The van der Waals surface area contributed by atoms with Crippen LogP contribution in [0.1, 0.15) is 46.5 Å². The zero-order valence-corrected chi connectivity index (χ0v) is 22.5. The summed E-state index contributed by atoms with van der Waals surface area (Å²) < 4.78 is 11.8. The van der Waals surface area contributed by atoms with Crippen LogP contribution in [-0.2, 0) is 11.2 Å². The van der Waals surface area contributed by atoms with E-state index < -0.39 is 18.3 Å². The lowest BCUT2D eigenvalue weighted by molar-refractivity contribution is -0.161. The lowest BCUT2D eigenvalue weighted by Crippen LogP contribution is -2.46. The first-order valence-electron chi connectivity index (χ1n) is 12.3. The number of hydrogen-bond acceptors (Lipinski definition) is 6. The fourth-order valence-corrected chi connectivity index (χ4v) is 5.58. The highest BCUT2D eigenvalue weighted by Crippen LogP contribution is 2.36. The van der Waals surface area contributed by atoms with Gasteiger partial charge in [0.05, 0.1) is 24.9 Å². The van der Waals surface area contributed by atoms with Gasteiger partial charge in [-0.3, -0.25) is 4.79 Å². The van der Waals surface area contributed by atoms with Crippen LogP contribution in [0.5, 0.6) is 5.75 Å². The Hall–Kier alpha value is -2.55. The average Bonchev–Trinajstić information content (AvgIpc) is 2.91. The molecule has 1 aliphatic heterocycles. The van der Waals surface area contributed by atoms with Gasteiger partial charge in [0.2, 0.25) is 0 Å². The lowest BCUT2D eigenvalue weighted by Gasteiger charge is -2.37. The van der Waals surface area contributed by atoms with Crippen LogP contribution in [0.25, 0.3) is 0 Å². The first kappa shape index (κ1) is 27.5. The molecule has 0 spiro atoms. The van der Waals surface area contributed by atoms with Gasteiger partial charge in [0.25, 0.3) is 5.91 Å². The highest BCUT2D eigenvalue weighted by atomic mass is 35.5. The van der Waals surface area contributed by atoms with Gasteiger partial charge in [0.1, 0.15) is 11.9 Å². The van der Waals surface area contributed by atoms with Crippen molar-refractivity contribution in [2.45, 2.75) is 49.1 Å². The van der Waals surface area contributed by atoms with Gasteiger partial charge >= 0.3 is 0 Å². The quantitative estimate of drug-likeness (QED) is 0.329. The topological polar surface area (TPSA) is 88.0 Å². The van der Waals surface area contributed by atoms with E-state index in [0.29, 0.717) is 35.8 Å². The van der Waals surface area contributed by atoms with Crippen LogP contribution in [0.3, 0.4) is 0 Å². The summed E-state index contributed by atoms with van der Waals surface area (Å²) in [7, 11) is 1.59. The molecule has 37 heavy (non-hydrogen) atoms. The molecule has 1 unspecified atom stereocenters. The van der Waals surface area contributed by atoms with Crippen molar-refractivity contribution in [1.82, 2.24) is 5.32 Å². The largest absolute Gasteiger partial charge is 0.494 e. The van der Waals surface area contributed by atoms with Crippen molar-refractivity contribution in [2.75, 3.05) is 19.4 Å². The van der Waals surface area contributed by atoms with E-state index in [1.807, 2.05) is 61.5 Å². The van der Waals surface area contributed by atoms with Gasteiger partial charge in [-0.05, 0) is 66.4 Å². The molecule has 8 heteroatoms. The van der Waals surface area contributed by atoms with E-state index in [1.165, 1.54) is 11.8 Å². The van der Waals surface area contributed by atoms with Crippen LogP contribution < -0.4 is 10.1 Å². The third kappa shape index (κ3) is 7.06. The Morgan fingerprint density at radius 1 is 1.14 bits per heavy atom. The summed E-state index contributed by atoms with van der Waals surface area (Å²) >= 11 is 8.00. The molecule has 0 radical (unpaired) electrons. The van der Waals surface area contributed by atoms with Crippen molar-refractivity contribution in [1.29, 1.82) is 0 Å². The van der Waals surface area contributed by atoms with Crippen LogP contribution in [-0.4, -0.2) is 53.8 Å². The molecule has 0 aliphatic carbocycles. The van der Waals surface area contributed by atoms with E-state index in [4.69, 9.17) is 21.1 Å². The van der Waals surface area contributed by atoms with Crippen molar-refractivity contribution in [3.05, 3.63) is 94.0 Å². The third-order valence-electron chi connectivity index (χ3n) is 6.38. The number of ether oxygens (including phenoxy) is 2. The molecule has 3 aromatic carbocycles. The van der Waals surface area contributed by atoms with Gasteiger partial charge in [-0.1, -0.05) is 41.9 Å². The maximum absolute atomic E-state index is 11.9. The molecule has 1 heterocycles. The van der Waals surface area contributed by atoms with E-state index in [2.05, 4.69) is 5.32 Å². The number of carbonyl (C=O) groups excluding carboxylic acids is 1. The van der Waals surface area contributed by atoms with Crippen LogP contribution in [0.2, 0.25) is 5.02 Å². The molecule has 1 fully saturated rings. The highest BCUT2D eigenvalue weighted by molar-refractivity contribution is 7.99. The van der Waals surface area contributed by atoms with Gasteiger partial charge in [-0.15, -0.1) is 11.8 Å². The summed E-state index contributed by atoms with van der Waals surface area (Å²) in [6.45, 7) is 2.58. The van der Waals surface area contributed by atoms with E-state index in [0.717, 1.165) is 27.3 Å². The van der Waals surface area contributed by atoms with Gasteiger partial charge in [0, 0.05) is 34.7 Å². The monoisotopic (exact) mass is 541 g/mol. The Morgan fingerprint density at radius 3 is 2.65 bits per heavy atom. The zero-order chi connectivity index (χ0) is 26.4. The van der Waals surface area contributed by atoms with Gasteiger partial charge in [-0.25, -0.2) is 0 Å². The molecule has 1 saturated heterocycles. The molecule has 3 N–H and O–H groups in total. The second-order valence-corrected chi connectivity index (χ2v) is 10.5. The number of carbonyl (C=O) groups is 1. The number of nitrogens with one attached hydrogen (secondary N) is 1. The van der Waals surface area contributed by atoms with E-state index >= 15 is 0 Å². The summed E-state index contributed by atoms with van der Waals surface area (Å²) in [4.78, 5) is 12.8. The normalized spacial score (nSPS) is 21.4. The molecule has 1 amide bonds. The second kappa shape index (κ2) is 12.8. The number of hydrogen-bond donors (Lipinski definition) is 3. The van der Waals surface area contributed by atoms with E-state index in [1.54, 1.807) is 19.2 Å². The van der Waals surface area contributed by atoms with Gasteiger partial charge < -0.3 is 25.0 Å². The maximum atomic E-state index is 11.9. The molecule has 0 bridgehead atoms. The molecule has 0 aromatic heterocycles. The predicted octanol–water partition coefficient (Wildman–Crippen LogP) is 5.03. The number of benzene rings is 3. The Kier molecular flexibility index (Phi) is 9.51. The smallest absolute Gasteiger partial charge is 0.251 e. The Labute approximate surface area is 227 Å². The van der Waals surface area contributed by atoms with Crippen molar-refractivity contribution >= 4 is 29.3 Å². The molecule has 196 valence electrons. The number of halogens is 1. The number of thioether (sulfide) groups is 1. The SMILES string of the molecule is CCOc1ccc(Cc2cc([C@H]3C[C@@H](O)[C@H](O)C(CSc4cccc(C(=O)NC)c4)O3)ccc2Cl)cc1. The van der Waals surface area contributed by atoms with Crippen LogP contribution in [0.15, 0.2) is 71.6 Å². The second-order valence-electron chi connectivity index (χ2n) is 8.98. The minimum atomic E-state index is -0.999. The fraction of sp³-hybridized carbons (Fsp3) is 0.345. The van der Waals surface area contributed by atoms with Crippen molar-refractivity contribution in [2.24, 2.45) is 0 Å². The molecular weight excluding hydrogens is 510 g/mol. The van der Waals surface area contributed by atoms with Crippen molar-refractivity contribution < 1.29 is 24.5 Å². The summed E-state index contributed by atoms with van der Waals surface area (Å²) in [5.41, 5.74) is 3.55. The minimum Gasteiger partial charge on any atom is -0.494 e. The Balaban J connectivity index is 1.45. The molecule has 4 atom stereocenters. The lowest BCUT2D eigenvalue weighted by atomic mass is 9.92. The molecular formula is C29H32ClNO5S. The van der Waals surface area contributed by atoms with E-state index in [-0.39, 0.29) is 12.0 Å². The number of rotatable bonds is 9. The summed E-state index contributed by atoms with van der Waals surface area (Å²) in [5.74, 6) is 1.10. The first-order chi connectivity index (χ1) is 17.9. The van der Waals surface area contributed by atoms with Crippen LogP contribution in [0, 0.1) is 0 Å². The van der Waals surface area contributed by atoms with E-state index in [9.17, 15) is 15.0 Å². The number of amides is 1. The maximum Gasteiger partial charge on any atom is 0.251 e. The van der Waals surface area contributed by atoms with Crippen LogP contribution in [0.4, 0.5) is 0 Å². The van der Waals surface area contributed by atoms with Crippen LogP contribution >= 0.6 is 23.4 Å². The Morgan fingerprint density at radius 2 is 1.92 bits per heavy atom. The first-order valence-corrected chi connectivity index (χ1v) is 13.7. The van der Waals surface area contributed by atoms with Gasteiger partial charge in [-0.2, -0.15) is 0 Å². The van der Waals surface area contributed by atoms with Crippen molar-refractivity contribution in [3.8, 4) is 5.75 Å². The fourth-order valence-electron chi connectivity index (χ4n) is 4.38. The highest BCUT2D eigenvalue weighted by Gasteiger charge is 2.37. The Bertz CT molecular complexity index is 1210. The minimum absolute atomic E-state index is 0.157. The summed E-state index contributed by atoms with van der Waals surface area (Å²) in [6.07, 6.45) is -1.92. The average molecular weight is 542 g/mol. The van der Waals surface area contributed by atoms with Crippen molar-refractivity contribution in [3.63, 3.8) is 0 Å². The predicted molar refractivity (Wildman–Crippen MR) is 147 cm³/mol. The van der Waals surface area contributed by atoms with Gasteiger partial charge in [0.15, 0.2) is 0 Å². The molecule has 0 saturated carbocycles. The third-order valence-corrected chi connectivity index (χ3v) is 7.83. The number of aliphatic hydroxyl groups is 2. The molecule has 6 nitrogen and oxygen atoms in total. The number of aliphatic hydroxyl groups excluding tert-OH is 2. The molecule has 4 rings (SSSR count). The summed E-state index contributed by atoms with van der Waals surface area (Å²) in [5, 5.41) is 24.5. The molecule has 1 aliphatic rings. The molecule has 3 aromatic rings. The zero-order valence-electron chi connectivity index (χ0n) is 20.9.